The van der Waals surface area contributed by atoms with Crippen LogP contribution >= 0.6 is 0 Å². The largest absolute Gasteiger partial charge is 0.481 e. The topological polar surface area (TPSA) is 71.5 Å². The number of nitrogens with one attached hydrogen (secondary N) is 1. The number of hydrogen-bond donors (Lipinski definition) is 1. The Morgan fingerprint density at radius 2 is 2.19 bits per heavy atom. The molecule has 112 valence electrons. The second-order valence-electron chi connectivity index (χ2n) is 5.86. The Morgan fingerprint density at radius 3 is 2.86 bits per heavy atom. The van der Waals surface area contributed by atoms with Crippen molar-refractivity contribution in [3.63, 3.8) is 0 Å². The lowest BCUT2D eigenvalue weighted by atomic mass is 9.91. The molecule has 2 fully saturated rings. The van der Waals surface area contributed by atoms with E-state index in [9.17, 15) is 9.59 Å². The van der Waals surface area contributed by atoms with Crippen LogP contribution in [0.15, 0.2) is 18.2 Å². The molecule has 1 aliphatic heterocycles. The Morgan fingerprint density at radius 1 is 1.43 bits per heavy atom. The summed E-state index contributed by atoms with van der Waals surface area (Å²) in [5, 5.41) is 2.87. The van der Waals surface area contributed by atoms with Crippen molar-refractivity contribution in [3.05, 3.63) is 23.9 Å². The van der Waals surface area contributed by atoms with Gasteiger partial charge in [-0.2, -0.15) is 0 Å². The monoisotopic (exact) mass is 289 g/mol. The number of piperazine rings is 1. The summed E-state index contributed by atoms with van der Waals surface area (Å²) in [5.41, 5.74) is -0.0377. The summed E-state index contributed by atoms with van der Waals surface area (Å²) in [6, 6.07) is 5.41. The third-order valence-electron chi connectivity index (χ3n) is 4.20. The lowest BCUT2D eigenvalue weighted by molar-refractivity contribution is -0.150. The number of amides is 2. The van der Waals surface area contributed by atoms with Gasteiger partial charge in [0.1, 0.15) is 12.1 Å². The fourth-order valence-electron chi connectivity index (χ4n) is 2.88. The van der Waals surface area contributed by atoms with Crippen LogP contribution in [0.1, 0.15) is 25.5 Å². The fraction of sp³-hybridized carbons (Fsp3) is 0.533. The Labute approximate surface area is 123 Å². The molecule has 2 amide bonds. The quantitative estimate of drug-likeness (QED) is 0.886. The van der Waals surface area contributed by atoms with Crippen LogP contribution < -0.4 is 10.1 Å². The van der Waals surface area contributed by atoms with Gasteiger partial charge < -0.3 is 15.0 Å². The fourth-order valence-corrected chi connectivity index (χ4v) is 2.88. The van der Waals surface area contributed by atoms with E-state index in [2.05, 4.69) is 10.3 Å². The van der Waals surface area contributed by atoms with E-state index in [-0.39, 0.29) is 24.3 Å². The second kappa shape index (κ2) is 5.02. The molecule has 1 atom stereocenters. The van der Waals surface area contributed by atoms with Gasteiger partial charge in [-0.15, -0.1) is 0 Å². The molecule has 0 radical (unpaired) electrons. The molecule has 2 aliphatic rings. The molecule has 1 saturated carbocycles. The van der Waals surface area contributed by atoms with Crippen LogP contribution in [0, 0.1) is 5.92 Å². The van der Waals surface area contributed by atoms with E-state index in [1.54, 1.807) is 18.1 Å². The molecule has 2 heterocycles. The number of aromatic nitrogens is 1. The summed E-state index contributed by atoms with van der Waals surface area (Å²) in [5.74, 6) is 0.641. The zero-order valence-corrected chi connectivity index (χ0v) is 12.3. The molecule has 3 rings (SSSR count). The minimum Gasteiger partial charge on any atom is -0.481 e. The molecule has 0 aromatic carbocycles. The molecule has 6 nitrogen and oxygen atoms in total. The average Bonchev–Trinajstić information content (AvgIpc) is 3.29. The van der Waals surface area contributed by atoms with Crippen molar-refractivity contribution < 1.29 is 14.3 Å². The van der Waals surface area contributed by atoms with E-state index in [1.165, 1.54) is 0 Å². The number of pyridine rings is 1. The van der Waals surface area contributed by atoms with Crippen molar-refractivity contribution in [2.24, 2.45) is 5.92 Å². The van der Waals surface area contributed by atoms with Crippen LogP contribution in [-0.2, 0) is 16.1 Å². The molecule has 1 unspecified atom stereocenters. The first-order valence-corrected chi connectivity index (χ1v) is 7.13. The Kier molecular flexibility index (Phi) is 3.31. The molecular weight excluding hydrogens is 270 g/mol. The molecule has 6 heteroatoms. The van der Waals surface area contributed by atoms with Gasteiger partial charge in [-0.05, 0) is 31.7 Å². The molecule has 1 N–H and O–H groups in total. The van der Waals surface area contributed by atoms with Crippen molar-refractivity contribution in [1.82, 2.24) is 15.2 Å². The van der Waals surface area contributed by atoms with Gasteiger partial charge in [0.25, 0.3) is 0 Å². The van der Waals surface area contributed by atoms with Crippen molar-refractivity contribution in [3.8, 4) is 5.88 Å². The number of rotatable bonds is 4. The first-order valence-electron chi connectivity index (χ1n) is 7.13. The highest BCUT2D eigenvalue weighted by Gasteiger charge is 2.52. The van der Waals surface area contributed by atoms with Crippen molar-refractivity contribution in [2.45, 2.75) is 31.8 Å². The maximum atomic E-state index is 12.7. The summed E-state index contributed by atoms with van der Waals surface area (Å²) in [6.07, 6.45) is 1.99. The van der Waals surface area contributed by atoms with E-state index in [0.29, 0.717) is 12.4 Å². The molecule has 0 bridgehead atoms. The predicted molar refractivity (Wildman–Crippen MR) is 75.5 cm³/mol. The van der Waals surface area contributed by atoms with Gasteiger partial charge in [0.15, 0.2) is 0 Å². The standard InChI is InChI=1S/C15H19N3O3/c1-15(10-6-7-10)14(20)18(9-12(19)17-15)8-11-4-3-5-13(16-11)21-2/h3-5,10H,6-9H2,1-2H3,(H,17,19). The first kappa shape index (κ1) is 13.9. The minimum absolute atomic E-state index is 0.0192. The minimum atomic E-state index is -0.756. The van der Waals surface area contributed by atoms with Crippen LogP contribution in [0.3, 0.4) is 0 Å². The summed E-state index contributed by atoms with van der Waals surface area (Å²) in [4.78, 5) is 30.5. The maximum absolute atomic E-state index is 12.7. The number of carbonyl (C=O) groups excluding carboxylic acids is 2. The number of hydrogen-bond acceptors (Lipinski definition) is 4. The Bertz CT molecular complexity index is 585. The zero-order valence-electron chi connectivity index (χ0n) is 12.3. The Balaban J connectivity index is 1.80. The van der Waals surface area contributed by atoms with Gasteiger partial charge in [0.2, 0.25) is 17.7 Å². The third-order valence-corrected chi connectivity index (χ3v) is 4.20. The number of carbonyl (C=O) groups is 2. The normalized spacial score (nSPS) is 25.7. The molecule has 1 aromatic rings. The average molecular weight is 289 g/mol. The highest BCUT2D eigenvalue weighted by Crippen LogP contribution is 2.41. The van der Waals surface area contributed by atoms with Crippen LogP contribution in [0.5, 0.6) is 5.88 Å². The van der Waals surface area contributed by atoms with E-state index >= 15 is 0 Å². The van der Waals surface area contributed by atoms with Crippen molar-refractivity contribution in [1.29, 1.82) is 0 Å². The third kappa shape index (κ3) is 2.57. The summed E-state index contributed by atoms with van der Waals surface area (Å²) < 4.78 is 5.09. The van der Waals surface area contributed by atoms with Gasteiger partial charge >= 0.3 is 0 Å². The second-order valence-corrected chi connectivity index (χ2v) is 5.86. The van der Waals surface area contributed by atoms with Gasteiger partial charge in [0, 0.05) is 6.07 Å². The highest BCUT2D eigenvalue weighted by atomic mass is 16.5. The van der Waals surface area contributed by atoms with E-state index in [4.69, 9.17) is 4.74 Å². The highest BCUT2D eigenvalue weighted by molar-refractivity contribution is 5.98. The Hall–Kier alpha value is -2.11. The summed E-state index contributed by atoms with van der Waals surface area (Å²) in [6.45, 7) is 2.24. The summed E-state index contributed by atoms with van der Waals surface area (Å²) >= 11 is 0. The lowest BCUT2D eigenvalue weighted by Gasteiger charge is -2.40. The molecule has 1 aliphatic carbocycles. The van der Waals surface area contributed by atoms with Crippen LogP contribution in [0.25, 0.3) is 0 Å². The molecular formula is C15H19N3O3. The van der Waals surface area contributed by atoms with Gasteiger partial charge in [-0.3, -0.25) is 9.59 Å². The van der Waals surface area contributed by atoms with E-state index in [0.717, 1.165) is 18.5 Å². The smallest absolute Gasteiger partial charge is 0.249 e. The van der Waals surface area contributed by atoms with E-state index in [1.807, 2.05) is 19.1 Å². The van der Waals surface area contributed by atoms with Crippen LogP contribution in [-0.4, -0.2) is 40.9 Å². The molecule has 1 aromatic heterocycles. The van der Waals surface area contributed by atoms with Crippen LogP contribution in [0.4, 0.5) is 0 Å². The first-order chi connectivity index (χ1) is 10.0. The van der Waals surface area contributed by atoms with Crippen molar-refractivity contribution in [2.75, 3.05) is 13.7 Å². The van der Waals surface area contributed by atoms with E-state index < -0.39 is 5.54 Å². The lowest BCUT2D eigenvalue weighted by Crippen LogP contribution is -2.66. The van der Waals surface area contributed by atoms with Crippen molar-refractivity contribution >= 4 is 11.8 Å². The molecule has 1 saturated heterocycles. The van der Waals surface area contributed by atoms with Gasteiger partial charge in [0.05, 0.1) is 19.3 Å². The SMILES string of the molecule is COc1cccc(CN2CC(=O)NC(C)(C3CC3)C2=O)n1. The predicted octanol–water partition coefficient (Wildman–Crippen LogP) is 0.717. The van der Waals surface area contributed by atoms with Gasteiger partial charge in [-0.1, -0.05) is 6.07 Å². The maximum Gasteiger partial charge on any atom is 0.249 e. The number of methoxy groups -OCH3 is 1. The number of ether oxygens (including phenoxy) is 1. The van der Waals surface area contributed by atoms with Crippen LogP contribution in [0.2, 0.25) is 0 Å². The zero-order chi connectivity index (χ0) is 15.0. The number of nitrogens with zero attached hydrogens (tertiary/aromatic N) is 2. The molecule has 21 heavy (non-hydrogen) atoms. The van der Waals surface area contributed by atoms with Gasteiger partial charge in [-0.25, -0.2) is 4.98 Å². The summed E-state index contributed by atoms with van der Waals surface area (Å²) in [7, 11) is 1.55. The molecule has 0 spiro atoms.